The first-order valence-corrected chi connectivity index (χ1v) is 4.58. The quantitative estimate of drug-likeness (QED) is 0.513. The molecule has 0 spiro atoms. The Hall–Kier alpha value is -0.515. The molecule has 0 saturated carbocycles. The summed E-state index contributed by atoms with van der Waals surface area (Å²) in [6.45, 7) is 0. The monoisotopic (exact) mass is 186 g/mol. The maximum atomic E-state index is 13.2. The number of rotatable bonds is 2. The maximum Gasteiger partial charge on any atom is 0.491 e. The molecule has 0 saturated heterocycles. The van der Waals surface area contributed by atoms with Crippen molar-refractivity contribution in [3.63, 3.8) is 0 Å². The summed E-state index contributed by atoms with van der Waals surface area (Å²) in [6, 6.07) is 4.52. The van der Waals surface area contributed by atoms with E-state index in [0.29, 0.717) is 4.90 Å². The van der Waals surface area contributed by atoms with Gasteiger partial charge in [0.1, 0.15) is 5.82 Å². The van der Waals surface area contributed by atoms with Crippen molar-refractivity contribution in [2.75, 3.05) is 6.26 Å². The predicted octanol–water partition coefficient (Wildman–Crippen LogP) is 0.227. The van der Waals surface area contributed by atoms with Crippen molar-refractivity contribution in [2.24, 2.45) is 0 Å². The normalized spacial score (nSPS) is 10.0. The minimum atomic E-state index is -1.74. The van der Waals surface area contributed by atoms with E-state index >= 15 is 0 Å². The highest BCUT2D eigenvalue weighted by Gasteiger charge is 2.17. The summed E-state index contributed by atoms with van der Waals surface area (Å²) in [5.74, 6) is -0.556. The van der Waals surface area contributed by atoms with E-state index in [1.165, 1.54) is 17.8 Å². The third-order valence-corrected chi connectivity index (χ3v) is 2.25. The summed E-state index contributed by atoms with van der Waals surface area (Å²) in [6.07, 6.45) is 1.73. The number of benzene rings is 1. The molecule has 0 bridgehead atoms. The first-order chi connectivity index (χ1) is 5.66. The summed E-state index contributed by atoms with van der Waals surface area (Å²) in [7, 11) is -1.74. The summed E-state index contributed by atoms with van der Waals surface area (Å²) < 4.78 is 13.2. The lowest BCUT2D eigenvalue weighted by molar-refractivity contribution is 0.422. The molecular weight excluding hydrogens is 178 g/mol. The molecule has 0 aliphatic rings. The van der Waals surface area contributed by atoms with E-state index in [4.69, 9.17) is 10.0 Å². The van der Waals surface area contributed by atoms with Crippen LogP contribution in [0.5, 0.6) is 0 Å². The van der Waals surface area contributed by atoms with E-state index in [0.717, 1.165) is 0 Å². The van der Waals surface area contributed by atoms with Crippen LogP contribution in [0.2, 0.25) is 0 Å². The molecule has 0 atom stereocenters. The second-order valence-electron chi connectivity index (χ2n) is 2.24. The molecule has 0 aromatic heterocycles. The van der Waals surface area contributed by atoms with Crippen LogP contribution in [0.15, 0.2) is 23.1 Å². The summed E-state index contributed by atoms with van der Waals surface area (Å²) in [5.41, 5.74) is -0.0816. The molecule has 12 heavy (non-hydrogen) atoms. The molecule has 2 nitrogen and oxygen atoms in total. The number of halogens is 1. The van der Waals surface area contributed by atoms with Crippen LogP contribution in [0.25, 0.3) is 0 Å². The highest BCUT2D eigenvalue weighted by Crippen LogP contribution is 2.16. The van der Waals surface area contributed by atoms with Gasteiger partial charge in [0.15, 0.2) is 0 Å². The van der Waals surface area contributed by atoms with Gasteiger partial charge in [0, 0.05) is 10.4 Å². The zero-order valence-electron chi connectivity index (χ0n) is 6.49. The van der Waals surface area contributed by atoms with Gasteiger partial charge in [-0.05, 0) is 12.3 Å². The number of hydrogen-bond acceptors (Lipinski definition) is 3. The van der Waals surface area contributed by atoms with E-state index in [1.807, 2.05) is 0 Å². The Morgan fingerprint density at radius 1 is 1.42 bits per heavy atom. The molecule has 5 heteroatoms. The van der Waals surface area contributed by atoms with E-state index in [2.05, 4.69) is 0 Å². The van der Waals surface area contributed by atoms with Gasteiger partial charge in [-0.1, -0.05) is 12.1 Å². The van der Waals surface area contributed by atoms with Crippen LogP contribution >= 0.6 is 11.8 Å². The molecule has 0 fully saturated rings. The van der Waals surface area contributed by atoms with Gasteiger partial charge >= 0.3 is 7.12 Å². The average molecular weight is 186 g/mol. The standard InChI is InChI=1S/C7H8BFO2S/c1-12-6-4-2-3-5(7(6)9)8(10)11/h2-4,10-11H,1H3. The van der Waals surface area contributed by atoms with Crippen LogP contribution < -0.4 is 5.46 Å². The van der Waals surface area contributed by atoms with Gasteiger partial charge in [-0.2, -0.15) is 0 Å². The minimum Gasteiger partial charge on any atom is -0.423 e. The lowest BCUT2D eigenvalue weighted by Gasteiger charge is -2.04. The van der Waals surface area contributed by atoms with Crippen LogP contribution in [-0.2, 0) is 0 Å². The Morgan fingerprint density at radius 3 is 2.58 bits per heavy atom. The zero-order valence-corrected chi connectivity index (χ0v) is 7.31. The van der Waals surface area contributed by atoms with Gasteiger partial charge in [-0.3, -0.25) is 0 Å². The molecule has 0 unspecified atom stereocenters. The molecule has 0 aliphatic heterocycles. The van der Waals surface area contributed by atoms with E-state index in [9.17, 15) is 4.39 Å². The molecule has 0 aliphatic carbocycles. The second-order valence-corrected chi connectivity index (χ2v) is 3.09. The molecule has 1 aromatic carbocycles. The van der Waals surface area contributed by atoms with E-state index in [-0.39, 0.29) is 5.46 Å². The largest absolute Gasteiger partial charge is 0.491 e. The Balaban J connectivity index is 3.14. The first-order valence-electron chi connectivity index (χ1n) is 3.35. The topological polar surface area (TPSA) is 40.5 Å². The first kappa shape index (κ1) is 9.57. The van der Waals surface area contributed by atoms with Crippen molar-refractivity contribution in [2.45, 2.75) is 4.90 Å². The van der Waals surface area contributed by atoms with Crippen molar-refractivity contribution in [3.8, 4) is 0 Å². The van der Waals surface area contributed by atoms with E-state index < -0.39 is 12.9 Å². The molecule has 0 amide bonds. The smallest absolute Gasteiger partial charge is 0.423 e. The molecular formula is C7H8BFO2S. The zero-order chi connectivity index (χ0) is 9.14. The Morgan fingerprint density at radius 2 is 2.08 bits per heavy atom. The van der Waals surface area contributed by atoms with Crippen molar-refractivity contribution < 1.29 is 14.4 Å². The predicted molar refractivity (Wildman–Crippen MR) is 48.0 cm³/mol. The highest BCUT2D eigenvalue weighted by molar-refractivity contribution is 7.98. The summed E-state index contributed by atoms with van der Waals surface area (Å²) in [4.78, 5) is 0.417. The third kappa shape index (κ3) is 1.80. The third-order valence-electron chi connectivity index (χ3n) is 1.49. The SMILES string of the molecule is CSc1cccc(B(O)O)c1F. The Labute approximate surface area is 74.6 Å². The lowest BCUT2D eigenvalue weighted by Crippen LogP contribution is -2.32. The van der Waals surface area contributed by atoms with Gasteiger partial charge in [0.25, 0.3) is 0 Å². The maximum absolute atomic E-state index is 13.2. The molecule has 64 valence electrons. The number of thioether (sulfide) groups is 1. The van der Waals surface area contributed by atoms with Crippen LogP contribution in [0.1, 0.15) is 0 Å². The van der Waals surface area contributed by atoms with Crippen LogP contribution in [0, 0.1) is 5.82 Å². The van der Waals surface area contributed by atoms with Gasteiger partial charge in [0.2, 0.25) is 0 Å². The second kappa shape index (κ2) is 3.93. The van der Waals surface area contributed by atoms with Crippen LogP contribution in [-0.4, -0.2) is 23.4 Å². The number of hydrogen-bond donors (Lipinski definition) is 2. The van der Waals surface area contributed by atoms with Gasteiger partial charge in [-0.15, -0.1) is 11.8 Å². The minimum absolute atomic E-state index is 0.0816. The fraction of sp³-hybridized carbons (Fsp3) is 0.143. The molecule has 1 aromatic rings. The van der Waals surface area contributed by atoms with Crippen LogP contribution in [0.3, 0.4) is 0 Å². The highest BCUT2D eigenvalue weighted by atomic mass is 32.2. The summed E-state index contributed by atoms with van der Waals surface area (Å²) in [5, 5.41) is 17.5. The van der Waals surface area contributed by atoms with Crippen LogP contribution in [0.4, 0.5) is 4.39 Å². The van der Waals surface area contributed by atoms with Gasteiger partial charge in [-0.25, -0.2) is 4.39 Å². The molecule has 0 heterocycles. The van der Waals surface area contributed by atoms with Gasteiger partial charge in [0.05, 0.1) is 0 Å². The fourth-order valence-corrected chi connectivity index (χ4v) is 1.40. The molecule has 0 radical (unpaired) electrons. The van der Waals surface area contributed by atoms with Crippen molar-refractivity contribution in [1.29, 1.82) is 0 Å². The van der Waals surface area contributed by atoms with Crippen molar-refractivity contribution >= 4 is 24.3 Å². The Bertz CT molecular complexity index is 280. The van der Waals surface area contributed by atoms with Crippen molar-refractivity contribution in [3.05, 3.63) is 24.0 Å². The molecule has 2 N–H and O–H groups in total. The summed E-state index contributed by atoms with van der Waals surface area (Å²) >= 11 is 1.23. The van der Waals surface area contributed by atoms with Crippen molar-refractivity contribution in [1.82, 2.24) is 0 Å². The average Bonchev–Trinajstić information content (AvgIpc) is 2.04. The van der Waals surface area contributed by atoms with Gasteiger partial charge < -0.3 is 10.0 Å². The Kier molecular flexibility index (Phi) is 3.14. The lowest BCUT2D eigenvalue weighted by atomic mass is 9.80. The fourth-order valence-electron chi connectivity index (χ4n) is 0.885. The molecule has 1 rings (SSSR count). The van der Waals surface area contributed by atoms with E-state index in [1.54, 1.807) is 18.4 Å².